The minimum Gasteiger partial charge on any atom is -0.451 e. The van der Waals surface area contributed by atoms with Gasteiger partial charge in [0, 0.05) is 4.88 Å². The van der Waals surface area contributed by atoms with Crippen LogP contribution in [0.5, 0.6) is 0 Å². The van der Waals surface area contributed by atoms with Crippen molar-refractivity contribution < 1.29 is 18.7 Å². The summed E-state index contributed by atoms with van der Waals surface area (Å²) in [5, 5.41) is 2.36. The lowest BCUT2D eigenvalue weighted by atomic mass is 10.2. The summed E-state index contributed by atoms with van der Waals surface area (Å²) in [4.78, 5) is 25.1. The Morgan fingerprint density at radius 3 is 2.68 bits per heavy atom. The minimum absolute atomic E-state index is 0.0591. The Labute approximate surface area is 131 Å². The molecule has 6 heteroatoms. The Balaban J connectivity index is 1.90. The zero-order valence-corrected chi connectivity index (χ0v) is 13.1. The van der Waals surface area contributed by atoms with Crippen molar-refractivity contribution in [1.82, 2.24) is 0 Å². The van der Waals surface area contributed by atoms with Crippen LogP contribution >= 0.6 is 11.3 Å². The normalized spacial score (nSPS) is 10.3. The summed E-state index contributed by atoms with van der Waals surface area (Å²) in [5.41, 5.74) is 1.10. The number of carbonyl (C=O) groups is 2. The molecule has 0 fully saturated rings. The third-order valence-electron chi connectivity index (χ3n) is 3.03. The van der Waals surface area contributed by atoms with E-state index in [2.05, 4.69) is 5.32 Å². The average molecular weight is 321 g/mol. The molecule has 0 aliphatic carbocycles. The Morgan fingerprint density at radius 1 is 1.32 bits per heavy atom. The van der Waals surface area contributed by atoms with Gasteiger partial charge in [-0.3, -0.25) is 4.79 Å². The van der Waals surface area contributed by atoms with Crippen molar-refractivity contribution in [1.29, 1.82) is 0 Å². The van der Waals surface area contributed by atoms with Crippen molar-refractivity contribution in [3.63, 3.8) is 0 Å². The molecule has 0 atom stereocenters. The number of benzene rings is 1. The highest BCUT2D eigenvalue weighted by Crippen LogP contribution is 2.23. The SMILES string of the molecule is CCc1sc(C(=O)OCC(=O)Nc2ccccc2F)cc1C. The first-order valence-electron chi connectivity index (χ1n) is 6.82. The van der Waals surface area contributed by atoms with Crippen LogP contribution < -0.4 is 5.32 Å². The highest BCUT2D eigenvalue weighted by molar-refractivity contribution is 7.14. The lowest BCUT2D eigenvalue weighted by molar-refractivity contribution is -0.119. The van der Waals surface area contributed by atoms with Crippen molar-refractivity contribution >= 4 is 28.9 Å². The molecule has 1 aromatic carbocycles. The minimum atomic E-state index is -0.581. The quantitative estimate of drug-likeness (QED) is 0.857. The highest BCUT2D eigenvalue weighted by Gasteiger charge is 2.15. The highest BCUT2D eigenvalue weighted by atomic mass is 32.1. The third-order valence-corrected chi connectivity index (χ3v) is 4.39. The van der Waals surface area contributed by atoms with Gasteiger partial charge in [-0.25, -0.2) is 9.18 Å². The van der Waals surface area contributed by atoms with Crippen molar-refractivity contribution in [2.75, 3.05) is 11.9 Å². The lowest BCUT2D eigenvalue weighted by Crippen LogP contribution is -2.21. The molecule has 116 valence electrons. The second-order valence-electron chi connectivity index (χ2n) is 4.67. The predicted molar refractivity (Wildman–Crippen MR) is 83.7 cm³/mol. The van der Waals surface area contributed by atoms with E-state index in [1.54, 1.807) is 12.1 Å². The van der Waals surface area contributed by atoms with E-state index in [1.165, 1.54) is 29.5 Å². The van der Waals surface area contributed by atoms with E-state index in [1.807, 2.05) is 13.8 Å². The lowest BCUT2D eigenvalue weighted by Gasteiger charge is -2.06. The number of nitrogens with one attached hydrogen (secondary N) is 1. The second-order valence-corrected chi connectivity index (χ2v) is 5.81. The monoisotopic (exact) mass is 321 g/mol. The van der Waals surface area contributed by atoms with E-state index in [0.29, 0.717) is 4.88 Å². The van der Waals surface area contributed by atoms with Crippen LogP contribution in [0.2, 0.25) is 0 Å². The summed E-state index contributed by atoms with van der Waals surface area (Å²) < 4.78 is 18.3. The van der Waals surface area contributed by atoms with Gasteiger partial charge >= 0.3 is 5.97 Å². The molecule has 2 aromatic rings. The molecule has 0 saturated heterocycles. The first-order chi connectivity index (χ1) is 10.5. The number of rotatable bonds is 5. The number of thiophene rings is 1. The molecule has 0 unspecified atom stereocenters. The molecular weight excluding hydrogens is 305 g/mol. The topological polar surface area (TPSA) is 55.4 Å². The van der Waals surface area contributed by atoms with Crippen LogP contribution in [0, 0.1) is 12.7 Å². The fourth-order valence-corrected chi connectivity index (χ4v) is 2.93. The molecule has 0 spiro atoms. The molecule has 0 saturated carbocycles. The molecular formula is C16H16FNO3S. The summed E-state index contributed by atoms with van der Waals surface area (Å²) in [6, 6.07) is 7.55. The summed E-state index contributed by atoms with van der Waals surface area (Å²) in [6.07, 6.45) is 0.845. The largest absolute Gasteiger partial charge is 0.451 e. The van der Waals surface area contributed by atoms with Crippen LogP contribution in [0.4, 0.5) is 10.1 Å². The van der Waals surface area contributed by atoms with Crippen LogP contribution in [-0.4, -0.2) is 18.5 Å². The number of carbonyl (C=O) groups excluding carboxylic acids is 2. The molecule has 4 nitrogen and oxygen atoms in total. The van der Waals surface area contributed by atoms with Crippen LogP contribution in [0.3, 0.4) is 0 Å². The number of esters is 1. The number of para-hydroxylation sites is 1. The average Bonchev–Trinajstić information content (AvgIpc) is 2.88. The van der Waals surface area contributed by atoms with Gasteiger partial charge in [-0.2, -0.15) is 0 Å². The van der Waals surface area contributed by atoms with Crippen molar-refractivity contribution in [3.05, 3.63) is 51.5 Å². The van der Waals surface area contributed by atoms with Gasteiger partial charge in [-0.1, -0.05) is 19.1 Å². The number of ether oxygens (including phenoxy) is 1. The zero-order chi connectivity index (χ0) is 16.1. The maximum atomic E-state index is 13.4. The summed E-state index contributed by atoms with van der Waals surface area (Å²) >= 11 is 1.36. The summed E-state index contributed by atoms with van der Waals surface area (Å²) in [5.74, 6) is -1.66. The van der Waals surface area contributed by atoms with E-state index in [4.69, 9.17) is 4.74 Å². The summed E-state index contributed by atoms with van der Waals surface area (Å²) in [6.45, 7) is 3.48. The molecule has 1 N–H and O–H groups in total. The number of amides is 1. The van der Waals surface area contributed by atoms with Gasteiger partial charge in [0.2, 0.25) is 0 Å². The van der Waals surface area contributed by atoms with E-state index >= 15 is 0 Å². The molecule has 22 heavy (non-hydrogen) atoms. The molecule has 1 aromatic heterocycles. The Morgan fingerprint density at radius 2 is 2.05 bits per heavy atom. The van der Waals surface area contributed by atoms with Crippen LogP contribution in [0.15, 0.2) is 30.3 Å². The van der Waals surface area contributed by atoms with Crippen molar-refractivity contribution in [2.45, 2.75) is 20.3 Å². The standard InChI is InChI=1S/C16H16FNO3S/c1-3-13-10(2)8-14(22-13)16(20)21-9-15(19)18-12-7-5-4-6-11(12)17/h4-8H,3,9H2,1-2H3,(H,18,19). The van der Waals surface area contributed by atoms with Crippen molar-refractivity contribution in [2.24, 2.45) is 0 Å². The van der Waals surface area contributed by atoms with E-state index in [-0.39, 0.29) is 5.69 Å². The van der Waals surface area contributed by atoms with Crippen LogP contribution in [0.25, 0.3) is 0 Å². The predicted octanol–water partition coefficient (Wildman–Crippen LogP) is 3.55. The number of anilines is 1. The van der Waals surface area contributed by atoms with E-state index in [9.17, 15) is 14.0 Å². The second kappa shape index (κ2) is 7.17. The number of aryl methyl sites for hydroxylation is 2. The molecule has 0 aliphatic rings. The van der Waals surface area contributed by atoms with Gasteiger partial charge in [0.25, 0.3) is 5.91 Å². The van der Waals surface area contributed by atoms with E-state index in [0.717, 1.165) is 16.9 Å². The van der Waals surface area contributed by atoms with Gasteiger partial charge in [0.15, 0.2) is 6.61 Å². The van der Waals surface area contributed by atoms with Crippen LogP contribution in [0.1, 0.15) is 27.0 Å². The zero-order valence-electron chi connectivity index (χ0n) is 12.3. The van der Waals surface area contributed by atoms with Gasteiger partial charge in [0.05, 0.1) is 5.69 Å². The fraction of sp³-hybridized carbons (Fsp3) is 0.250. The fourth-order valence-electron chi connectivity index (χ4n) is 1.92. The maximum absolute atomic E-state index is 13.4. The van der Waals surface area contributed by atoms with Gasteiger partial charge in [-0.05, 0) is 37.1 Å². The molecule has 0 aliphatic heterocycles. The molecule has 1 amide bonds. The maximum Gasteiger partial charge on any atom is 0.348 e. The number of hydrogen-bond donors (Lipinski definition) is 1. The van der Waals surface area contributed by atoms with Crippen LogP contribution in [-0.2, 0) is 16.0 Å². The smallest absolute Gasteiger partial charge is 0.348 e. The number of halogens is 1. The Hall–Kier alpha value is -2.21. The first-order valence-corrected chi connectivity index (χ1v) is 7.63. The molecule has 0 bridgehead atoms. The first kappa shape index (κ1) is 16.2. The van der Waals surface area contributed by atoms with Gasteiger partial charge < -0.3 is 10.1 Å². The molecule has 2 rings (SSSR count). The Kier molecular flexibility index (Phi) is 5.27. The van der Waals surface area contributed by atoms with Gasteiger partial charge in [-0.15, -0.1) is 11.3 Å². The molecule has 0 radical (unpaired) electrons. The van der Waals surface area contributed by atoms with E-state index < -0.39 is 24.3 Å². The third kappa shape index (κ3) is 3.92. The Bertz CT molecular complexity index is 696. The van der Waals surface area contributed by atoms with Gasteiger partial charge in [0.1, 0.15) is 10.7 Å². The summed E-state index contributed by atoms with van der Waals surface area (Å²) in [7, 11) is 0. The molecule has 1 heterocycles. The van der Waals surface area contributed by atoms with Crippen molar-refractivity contribution in [3.8, 4) is 0 Å². The number of hydrogen-bond acceptors (Lipinski definition) is 4.